The lowest BCUT2D eigenvalue weighted by molar-refractivity contribution is 0.620. The van der Waals surface area contributed by atoms with Crippen LogP contribution in [-0.2, 0) is 0 Å². The lowest BCUT2D eigenvalue weighted by Crippen LogP contribution is -2.15. The molecule has 0 saturated carbocycles. The molecule has 0 aliphatic rings. The van der Waals surface area contributed by atoms with Crippen molar-refractivity contribution < 1.29 is 4.39 Å². The second-order valence-electron chi connectivity index (χ2n) is 2.24. The van der Waals surface area contributed by atoms with Gasteiger partial charge in [-0.1, -0.05) is 11.6 Å². The molecule has 0 atom stereocenters. The number of hydrogen-bond donors (Lipinski definition) is 0. The van der Waals surface area contributed by atoms with E-state index in [0.717, 1.165) is 11.0 Å². The highest BCUT2D eigenvalue weighted by Crippen LogP contribution is 2.00. The van der Waals surface area contributed by atoms with Gasteiger partial charge < -0.3 is 7.28 Å². The molecular weight excluding hydrogens is 126 g/mol. The highest BCUT2D eigenvalue weighted by molar-refractivity contribution is 6.52. The van der Waals surface area contributed by atoms with Gasteiger partial charge in [-0.15, -0.1) is 6.07 Å². The summed E-state index contributed by atoms with van der Waals surface area (Å²) in [6, 6.07) is 5.10. The maximum atomic E-state index is 12.7. The van der Waals surface area contributed by atoms with Gasteiger partial charge in [-0.25, -0.2) is 11.2 Å². The summed E-state index contributed by atoms with van der Waals surface area (Å²) >= 11 is 0. The fourth-order valence-corrected chi connectivity index (χ4v) is 0.937. The van der Waals surface area contributed by atoms with Gasteiger partial charge in [0.05, 0.1) is 0 Å². The zero-order valence-corrected chi connectivity index (χ0v) is 6.19. The van der Waals surface area contributed by atoms with Crippen LogP contribution in [0.3, 0.4) is 0 Å². The summed E-state index contributed by atoms with van der Waals surface area (Å²) in [6.07, 6.45) is 0. The number of rotatable bonds is 1. The lowest BCUT2D eigenvalue weighted by Gasteiger charge is -2.13. The Morgan fingerprint density at radius 3 is 2.60 bits per heavy atom. The zero-order valence-electron chi connectivity index (χ0n) is 6.19. The molecule has 2 radical (unpaired) electrons. The molecule has 10 heavy (non-hydrogen) atoms. The zero-order chi connectivity index (χ0) is 7.56. The first-order valence-electron chi connectivity index (χ1n) is 3.30. The molecule has 0 aliphatic heterocycles. The maximum Gasteiger partial charge on any atom is 0.122 e. The minimum absolute atomic E-state index is 0.129. The average molecular weight is 135 g/mol. The molecule has 2 heteroatoms. The van der Waals surface area contributed by atoms with Crippen LogP contribution in [0.2, 0.25) is 6.82 Å². The van der Waals surface area contributed by atoms with E-state index in [0.29, 0.717) is 0 Å². The average Bonchev–Trinajstić information content (AvgIpc) is 1.95. The van der Waals surface area contributed by atoms with Gasteiger partial charge in [0, 0.05) is 0 Å². The molecule has 0 nitrogen and oxygen atoms in total. The summed E-state index contributed by atoms with van der Waals surface area (Å²) < 4.78 is 12.7. The van der Waals surface area contributed by atoms with E-state index in [1.165, 1.54) is 6.07 Å². The predicted octanol–water partition coefficient (Wildman–Crippen LogP) is 1.51. The molecule has 0 fully saturated rings. The third-order valence-electron chi connectivity index (χ3n) is 1.62. The van der Waals surface area contributed by atoms with E-state index in [2.05, 4.69) is 0 Å². The molecule has 0 spiro atoms. The van der Waals surface area contributed by atoms with E-state index < -0.39 is 0 Å². The summed E-state index contributed by atoms with van der Waals surface area (Å²) in [7, 11) is 1.90. The van der Waals surface area contributed by atoms with Crippen LogP contribution in [0.25, 0.3) is 0 Å². The summed E-state index contributed by atoms with van der Waals surface area (Å²) in [5.74, 6) is -0.129. The molecule has 0 aromatic heterocycles. The van der Waals surface area contributed by atoms with Gasteiger partial charge in [0.2, 0.25) is 0 Å². The Bertz CT molecular complexity index is 233. The maximum absolute atomic E-state index is 12.7. The smallest absolute Gasteiger partial charge is 0.122 e. The first kappa shape index (κ1) is 7.32. The SMILES string of the molecule is C[B-]c1cccc(F)c1C. The van der Waals surface area contributed by atoms with E-state index in [-0.39, 0.29) is 5.82 Å². The van der Waals surface area contributed by atoms with E-state index in [4.69, 9.17) is 0 Å². The molecule has 0 bridgehead atoms. The molecule has 52 valence electrons. The van der Waals surface area contributed by atoms with Crippen LogP contribution in [0.15, 0.2) is 18.2 Å². The Hall–Kier alpha value is -0.785. The molecule has 0 heterocycles. The third-order valence-corrected chi connectivity index (χ3v) is 1.62. The molecule has 1 rings (SSSR count). The van der Waals surface area contributed by atoms with E-state index in [9.17, 15) is 4.39 Å². The summed E-state index contributed by atoms with van der Waals surface area (Å²) in [5.41, 5.74) is 1.70. The Kier molecular flexibility index (Phi) is 2.10. The third kappa shape index (κ3) is 1.20. The summed E-state index contributed by atoms with van der Waals surface area (Å²) in [6.45, 7) is 3.69. The molecule has 1 aromatic carbocycles. The van der Waals surface area contributed by atoms with Crippen molar-refractivity contribution in [1.82, 2.24) is 0 Å². The van der Waals surface area contributed by atoms with Crippen molar-refractivity contribution in [2.75, 3.05) is 0 Å². The van der Waals surface area contributed by atoms with Gasteiger partial charge in [0.25, 0.3) is 0 Å². The van der Waals surface area contributed by atoms with Crippen molar-refractivity contribution in [3.05, 3.63) is 29.6 Å². The van der Waals surface area contributed by atoms with E-state index in [1.54, 1.807) is 13.0 Å². The second kappa shape index (κ2) is 2.87. The first-order chi connectivity index (χ1) is 4.75. The van der Waals surface area contributed by atoms with Gasteiger partial charge in [0.1, 0.15) is 5.82 Å². The quantitative estimate of drug-likeness (QED) is 0.512. The van der Waals surface area contributed by atoms with Gasteiger partial charge >= 0.3 is 0 Å². The van der Waals surface area contributed by atoms with Crippen molar-refractivity contribution in [2.24, 2.45) is 0 Å². The van der Waals surface area contributed by atoms with Crippen molar-refractivity contribution in [3.8, 4) is 0 Å². The van der Waals surface area contributed by atoms with Gasteiger partial charge in [-0.2, -0.15) is 0 Å². The van der Waals surface area contributed by atoms with Crippen LogP contribution in [0.1, 0.15) is 5.56 Å². The van der Waals surface area contributed by atoms with Gasteiger partial charge in [0.15, 0.2) is 0 Å². The number of benzene rings is 1. The van der Waals surface area contributed by atoms with Crippen LogP contribution >= 0.6 is 0 Å². The van der Waals surface area contributed by atoms with Crippen molar-refractivity contribution in [2.45, 2.75) is 13.7 Å². The normalized spacial score (nSPS) is 9.90. The molecule has 0 saturated heterocycles. The monoisotopic (exact) mass is 135 g/mol. The van der Waals surface area contributed by atoms with Crippen LogP contribution < -0.4 is 5.46 Å². The van der Waals surface area contributed by atoms with Crippen LogP contribution in [-0.4, -0.2) is 7.28 Å². The minimum Gasteiger partial charge on any atom is -0.301 e. The first-order valence-corrected chi connectivity index (χ1v) is 3.30. The Labute approximate surface area is 61.3 Å². The largest absolute Gasteiger partial charge is 0.301 e. The standard InChI is InChI=1S/C8H9BF/c1-6-7(9-2)4-3-5-8(6)10/h3-5H,1-2H3/q-1. The molecule has 0 unspecified atom stereocenters. The summed E-state index contributed by atoms with van der Waals surface area (Å²) in [4.78, 5) is 0. The lowest BCUT2D eigenvalue weighted by atomic mass is 9.71. The number of hydrogen-bond acceptors (Lipinski definition) is 0. The highest BCUT2D eigenvalue weighted by Gasteiger charge is 1.91. The van der Waals surface area contributed by atoms with E-state index >= 15 is 0 Å². The van der Waals surface area contributed by atoms with Crippen LogP contribution in [0.5, 0.6) is 0 Å². The van der Waals surface area contributed by atoms with E-state index in [1.807, 2.05) is 20.2 Å². The fourth-order valence-electron chi connectivity index (χ4n) is 0.937. The van der Waals surface area contributed by atoms with Crippen molar-refractivity contribution in [1.29, 1.82) is 0 Å². The second-order valence-corrected chi connectivity index (χ2v) is 2.24. The molecule has 0 amide bonds. The molecule has 0 aliphatic carbocycles. The van der Waals surface area contributed by atoms with Crippen LogP contribution in [0, 0.1) is 12.7 Å². The predicted molar refractivity (Wildman–Crippen MR) is 42.4 cm³/mol. The van der Waals surface area contributed by atoms with Crippen molar-refractivity contribution >= 4 is 12.7 Å². The Morgan fingerprint density at radius 1 is 1.40 bits per heavy atom. The molecule has 1 aromatic rings. The minimum atomic E-state index is -0.129. The van der Waals surface area contributed by atoms with Crippen LogP contribution in [0.4, 0.5) is 4.39 Å². The Morgan fingerprint density at radius 2 is 2.10 bits per heavy atom. The topological polar surface area (TPSA) is 0 Å². The molecular formula is C8H9BF-. The van der Waals surface area contributed by atoms with Gasteiger partial charge in [-0.3, -0.25) is 5.46 Å². The Balaban J connectivity index is 3.14. The highest BCUT2D eigenvalue weighted by atomic mass is 19.1. The van der Waals surface area contributed by atoms with Gasteiger partial charge in [-0.05, 0) is 13.0 Å². The van der Waals surface area contributed by atoms with Crippen molar-refractivity contribution in [3.63, 3.8) is 0 Å². The summed E-state index contributed by atoms with van der Waals surface area (Å²) in [5, 5.41) is 0. The fraction of sp³-hybridized carbons (Fsp3) is 0.250. The molecule has 0 N–H and O–H groups in total. The number of halogens is 1.